The lowest BCUT2D eigenvalue weighted by Crippen LogP contribution is -1.81. The van der Waals surface area contributed by atoms with Crippen LogP contribution in [0.1, 0.15) is 19.3 Å². The van der Waals surface area contributed by atoms with Gasteiger partial charge in [0.25, 0.3) is 0 Å². The molecule has 82 valence electrons. The van der Waals surface area contributed by atoms with Crippen molar-refractivity contribution < 1.29 is 0 Å². The Morgan fingerprint density at radius 1 is 0.467 bits per heavy atom. The quantitative estimate of drug-likeness (QED) is 0.613. The van der Waals surface area contributed by atoms with E-state index >= 15 is 0 Å². The minimum atomic E-state index is 1.13. The van der Waals surface area contributed by atoms with Crippen molar-refractivity contribution in [2.24, 2.45) is 0 Å². The van der Waals surface area contributed by atoms with Gasteiger partial charge in [0.2, 0.25) is 0 Å². The van der Waals surface area contributed by atoms with Crippen molar-refractivity contribution in [3.05, 3.63) is 0 Å². The summed E-state index contributed by atoms with van der Waals surface area (Å²) in [6, 6.07) is 0. The van der Waals surface area contributed by atoms with Gasteiger partial charge in [0.05, 0.1) is 0 Å². The molecule has 0 nitrogen and oxygen atoms in total. The Morgan fingerprint density at radius 3 is 1.20 bits per heavy atom. The second-order valence-corrected chi connectivity index (χ2v) is 6.47. The van der Waals surface area contributed by atoms with Gasteiger partial charge in [-0.3, -0.25) is 0 Å². The van der Waals surface area contributed by atoms with E-state index in [0.29, 0.717) is 0 Å². The predicted octanol–water partition coefficient (Wildman–Crippen LogP) is 3.94. The standard InChI is InChI=1S/C11H14S4/c1-2-5-13-9-11-15-7-3-6-14-10-8-12-4-1/h1-7H2. The van der Waals surface area contributed by atoms with E-state index in [1.165, 1.54) is 19.3 Å². The molecule has 0 saturated carbocycles. The van der Waals surface area contributed by atoms with Crippen molar-refractivity contribution in [3.8, 4) is 21.0 Å². The molecule has 0 bridgehead atoms. The summed E-state index contributed by atoms with van der Waals surface area (Å²) in [6.07, 6.45) is 3.71. The predicted molar refractivity (Wildman–Crippen MR) is 79.2 cm³/mol. The maximum Gasteiger partial charge on any atom is 0.00651 e. The highest BCUT2D eigenvalue weighted by Crippen LogP contribution is 2.11. The summed E-state index contributed by atoms with van der Waals surface area (Å²) in [5, 5.41) is 12.5. The molecule has 0 aromatic heterocycles. The summed E-state index contributed by atoms with van der Waals surface area (Å²) in [4.78, 5) is 0. The smallest absolute Gasteiger partial charge is 0.00651 e. The van der Waals surface area contributed by atoms with Crippen LogP contribution < -0.4 is 0 Å². The van der Waals surface area contributed by atoms with Gasteiger partial charge in [-0.1, -0.05) is 47.0 Å². The summed E-state index contributed by atoms with van der Waals surface area (Å²) < 4.78 is 0. The lowest BCUT2D eigenvalue weighted by atomic mass is 10.4. The molecule has 0 N–H and O–H groups in total. The maximum atomic E-state index is 3.14. The maximum absolute atomic E-state index is 3.14. The van der Waals surface area contributed by atoms with Crippen LogP contribution in [0, 0.1) is 21.0 Å². The van der Waals surface area contributed by atoms with Crippen LogP contribution >= 0.6 is 47.0 Å². The van der Waals surface area contributed by atoms with Crippen LogP contribution in [-0.2, 0) is 0 Å². The molecule has 0 amide bonds. The Balaban J connectivity index is 2.21. The van der Waals surface area contributed by atoms with Crippen molar-refractivity contribution in [2.45, 2.75) is 19.3 Å². The number of hydrogen-bond acceptors (Lipinski definition) is 4. The van der Waals surface area contributed by atoms with Gasteiger partial charge in [-0.15, -0.1) is 0 Å². The van der Waals surface area contributed by atoms with E-state index < -0.39 is 0 Å². The fourth-order valence-electron chi connectivity index (χ4n) is 0.874. The van der Waals surface area contributed by atoms with Crippen molar-refractivity contribution in [3.63, 3.8) is 0 Å². The Morgan fingerprint density at radius 2 is 0.800 bits per heavy atom. The van der Waals surface area contributed by atoms with Crippen LogP contribution in [0.25, 0.3) is 0 Å². The number of thioether (sulfide) groups is 4. The van der Waals surface area contributed by atoms with E-state index in [0.717, 1.165) is 23.0 Å². The normalized spacial score (nSPS) is 19.7. The van der Waals surface area contributed by atoms with E-state index in [1.807, 2.05) is 0 Å². The Kier molecular flexibility index (Phi) is 9.98. The van der Waals surface area contributed by atoms with Crippen molar-refractivity contribution >= 4 is 47.0 Å². The summed E-state index contributed by atoms with van der Waals surface area (Å²) >= 11 is 6.98. The minimum absolute atomic E-state index is 1.13. The molecule has 1 rings (SSSR count). The molecule has 0 aromatic rings. The van der Waals surface area contributed by atoms with Crippen LogP contribution in [-0.4, -0.2) is 23.0 Å². The van der Waals surface area contributed by atoms with Gasteiger partial charge in [-0.25, -0.2) is 0 Å². The topological polar surface area (TPSA) is 0 Å². The third kappa shape index (κ3) is 9.45. The van der Waals surface area contributed by atoms with Crippen molar-refractivity contribution in [2.75, 3.05) is 23.0 Å². The zero-order chi connectivity index (χ0) is 10.6. The summed E-state index contributed by atoms with van der Waals surface area (Å²) in [5.74, 6) is 4.59. The fourth-order valence-corrected chi connectivity index (χ4v) is 3.68. The van der Waals surface area contributed by atoms with Gasteiger partial charge in [-0.05, 0) is 40.3 Å². The molecular formula is C11H14S4. The molecule has 0 unspecified atom stereocenters. The van der Waals surface area contributed by atoms with E-state index in [1.54, 1.807) is 47.0 Å². The average molecular weight is 275 g/mol. The van der Waals surface area contributed by atoms with E-state index in [9.17, 15) is 0 Å². The van der Waals surface area contributed by atoms with Gasteiger partial charge >= 0.3 is 0 Å². The van der Waals surface area contributed by atoms with Crippen LogP contribution in [0.15, 0.2) is 0 Å². The molecule has 0 aliphatic carbocycles. The first-order chi connectivity index (χ1) is 7.50. The van der Waals surface area contributed by atoms with E-state index in [4.69, 9.17) is 0 Å². The van der Waals surface area contributed by atoms with Gasteiger partial charge < -0.3 is 0 Å². The monoisotopic (exact) mass is 274 g/mol. The third-order valence-electron chi connectivity index (χ3n) is 1.61. The van der Waals surface area contributed by atoms with Crippen molar-refractivity contribution in [1.29, 1.82) is 0 Å². The Bertz CT molecular complexity index is 238. The molecule has 4 heteroatoms. The Labute approximate surface area is 110 Å². The average Bonchev–Trinajstić information content (AvgIpc) is 2.27. The molecule has 0 atom stereocenters. The van der Waals surface area contributed by atoms with Gasteiger partial charge in [0.15, 0.2) is 0 Å². The van der Waals surface area contributed by atoms with Crippen LogP contribution in [0.3, 0.4) is 0 Å². The van der Waals surface area contributed by atoms with Gasteiger partial charge in [0, 0.05) is 23.0 Å². The van der Waals surface area contributed by atoms with E-state index in [2.05, 4.69) is 21.0 Å². The Hall–Kier alpha value is 0.520. The van der Waals surface area contributed by atoms with Gasteiger partial charge in [-0.2, -0.15) is 0 Å². The highest BCUT2D eigenvalue weighted by molar-refractivity contribution is 8.07. The lowest BCUT2D eigenvalue weighted by Gasteiger charge is -1.93. The lowest BCUT2D eigenvalue weighted by molar-refractivity contribution is 0.910. The molecule has 0 radical (unpaired) electrons. The molecule has 1 heterocycles. The van der Waals surface area contributed by atoms with E-state index in [-0.39, 0.29) is 0 Å². The van der Waals surface area contributed by atoms with Crippen LogP contribution in [0.4, 0.5) is 0 Å². The first-order valence-electron chi connectivity index (χ1n) is 4.97. The first-order valence-corrected chi connectivity index (χ1v) is 8.91. The molecule has 1 aliphatic heterocycles. The molecule has 1 aliphatic rings. The number of rotatable bonds is 0. The second kappa shape index (κ2) is 11.0. The third-order valence-corrected chi connectivity index (χ3v) is 4.82. The SMILES string of the molecule is C1#CSCCCSC#CSCCCCS1. The zero-order valence-corrected chi connectivity index (χ0v) is 11.8. The fraction of sp³-hybridized carbons (Fsp3) is 0.636. The van der Waals surface area contributed by atoms with Crippen LogP contribution in [0.2, 0.25) is 0 Å². The second-order valence-electron chi connectivity index (χ2n) is 2.86. The molecule has 0 saturated heterocycles. The summed E-state index contributed by atoms with van der Waals surface area (Å²) in [6.45, 7) is 0. The van der Waals surface area contributed by atoms with Crippen LogP contribution in [0.5, 0.6) is 0 Å². The molecular weight excluding hydrogens is 260 g/mol. The molecule has 0 aromatic carbocycles. The number of hydrogen-bond donors (Lipinski definition) is 0. The zero-order valence-electron chi connectivity index (χ0n) is 8.58. The first kappa shape index (κ1) is 13.6. The summed E-state index contributed by atoms with van der Waals surface area (Å²) in [5.41, 5.74) is 0. The largest absolute Gasteiger partial charge is 0.0742 e. The molecule has 0 spiro atoms. The summed E-state index contributed by atoms with van der Waals surface area (Å²) in [7, 11) is 0. The highest BCUT2D eigenvalue weighted by atomic mass is 32.2. The highest BCUT2D eigenvalue weighted by Gasteiger charge is 1.90. The van der Waals surface area contributed by atoms with Crippen molar-refractivity contribution in [1.82, 2.24) is 0 Å². The minimum Gasteiger partial charge on any atom is -0.0742 e. The molecule has 0 fully saturated rings. The molecule has 15 heavy (non-hydrogen) atoms. The van der Waals surface area contributed by atoms with Gasteiger partial charge in [0.1, 0.15) is 0 Å².